The van der Waals surface area contributed by atoms with Crippen LogP contribution in [0, 0.1) is 5.92 Å². The molecule has 29 heavy (non-hydrogen) atoms. The van der Waals surface area contributed by atoms with Crippen molar-refractivity contribution in [2.45, 2.75) is 13.0 Å². The second kappa shape index (κ2) is 10.8. The van der Waals surface area contributed by atoms with Crippen LogP contribution in [0.4, 0.5) is 0 Å². The summed E-state index contributed by atoms with van der Waals surface area (Å²) in [4.78, 5) is 22.9. The molecule has 1 atom stereocenters. The summed E-state index contributed by atoms with van der Waals surface area (Å²) in [7, 11) is 3.52. The number of amides is 1. The number of carbonyl (C=O) groups excluding carboxylic acids is 1. The summed E-state index contributed by atoms with van der Waals surface area (Å²) in [5, 5.41) is 4.27. The standard InChI is InChI=1S/C21H32ClN5O2/c1-25(2)20(28)14-24-21(23-13-18-6-11-29-16-18)27-9-7-26(8-10-27)15-17-4-3-5-19(22)12-17/h3-5,12,18H,6-11,13-16H2,1-2H3,(H,23,24). The summed E-state index contributed by atoms with van der Waals surface area (Å²) >= 11 is 6.11. The summed E-state index contributed by atoms with van der Waals surface area (Å²) in [6.07, 6.45) is 1.07. The van der Waals surface area contributed by atoms with Gasteiger partial charge in [-0.25, -0.2) is 4.99 Å². The van der Waals surface area contributed by atoms with E-state index in [1.54, 1.807) is 19.0 Å². The van der Waals surface area contributed by atoms with Gasteiger partial charge < -0.3 is 19.9 Å². The Hall–Kier alpha value is -1.83. The number of hydrogen-bond donors (Lipinski definition) is 1. The Balaban J connectivity index is 1.55. The molecular formula is C21H32ClN5O2. The smallest absolute Gasteiger partial charge is 0.243 e. The number of carbonyl (C=O) groups is 1. The predicted molar refractivity (Wildman–Crippen MR) is 116 cm³/mol. The Morgan fingerprint density at radius 1 is 1.31 bits per heavy atom. The van der Waals surface area contributed by atoms with Crippen molar-refractivity contribution in [2.24, 2.45) is 10.9 Å². The van der Waals surface area contributed by atoms with Gasteiger partial charge in [-0.3, -0.25) is 9.69 Å². The van der Waals surface area contributed by atoms with Crippen molar-refractivity contribution in [1.29, 1.82) is 0 Å². The molecule has 1 N–H and O–H groups in total. The maximum atomic E-state index is 12.0. The summed E-state index contributed by atoms with van der Waals surface area (Å²) < 4.78 is 5.47. The summed E-state index contributed by atoms with van der Waals surface area (Å²) in [6.45, 7) is 7.17. The van der Waals surface area contributed by atoms with Crippen LogP contribution in [0.15, 0.2) is 29.3 Å². The van der Waals surface area contributed by atoms with Crippen LogP contribution in [-0.2, 0) is 16.1 Å². The number of nitrogens with zero attached hydrogens (tertiary/aromatic N) is 4. The molecule has 2 saturated heterocycles. The Bertz CT molecular complexity index is 698. The van der Waals surface area contributed by atoms with Gasteiger partial charge in [0.05, 0.1) is 6.61 Å². The van der Waals surface area contributed by atoms with Crippen molar-refractivity contribution >= 4 is 23.5 Å². The second-order valence-corrected chi connectivity index (χ2v) is 8.37. The van der Waals surface area contributed by atoms with Gasteiger partial charge in [0.15, 0.2) is 5.96 Å². The van der Waals surface area contributed by atoms with Crippen molar-refractivity contribution in [1.82, 2.24) is 20.0 Å². The zero-order chi connectivity index (χ0) is 20.6. The van der Waals surface area contributed by atoms with E-state index in [1.807, 2.05) is 18.2 Å². The lowest BCUT2D eigenvalue weighted by Crippen LogP contribution is -2.53. The van der Waals surface area contributed by atoms with E-state index in [1.165, 1.54) is 5.56 Å². The summed E-state index contributed by atoms with van der Waals surface area (Å²) in [5.74, 6) is 1.34. The highest BCUT2D eigenvalue weighted by Gasteiger charge is 2.22. The molecule has 7 nitrogen and oxygen atoms in total. The van der Waals surface area contributed by atoms with Crippen LogP contribution in [0.25, 0.3) is 0 Å². The zero-order valence-electron chi connectivity index (χ0n) is 17.4. The third-order valence-electron chi connectivity index (χ3n) is 5.40. The number of rotatable bonds is 6. The molecule has 1 aromatic carbocycles. The van der Waals surface area contributed by atoms with Crippen molar-refractivity contribution in [3.05, 3.63) is 34.9 Å². The van der Waals surface area contributed by atoms with Crippen molar-refractivity contribution in [2.75, 3.05) is 66.6 Å². The largest absolute Gasteiger partial charge is 0.381 e. The molecule has 1 amide bonds. The maximum absolute atomic E-state index is 12.0. The van der Waals surface area contributed by atoms with E-state index >= 15 is 0 Å². The minimum absolute atomic E-state index is 0.00749. The van der Waals surface area contributed by atoms with E-state index in [2.05, 4.69) is 26.2 Å². The van der Waals surface area contributed by atoms with Crippen LogP contribution in [0.3, 0.4) is 0 Å². The molecule has 0 aliphatic carbocycles. The first-order chi connectivity index (χ1) is 14.0. The number of halogens is 1. The molecular weight excluding hydrogens is 390 g/mol. The molecule has 2 heterocycles. The average molecular weight is 422 g/mol. The predicted octanol–water partition coefficient (Wildman–Crippen LogP) is 1.53. The summed E-state index contributed by atoms with van der Waals surface area (Å²) in [5.41, 5.74) is 1.23. The molecule has 160 valence electrons. The fraction of sp³-hybridized carbons (Fsp3) is 0.619. The van der Waals surface area contributed by atoms with Crippen LogP contribution >= 0.6 is 11.6 Å². The molecule has 0 radical (unpaired) electrons. The molecule has 2 aliphatic heterocycles. The number of ether oxygens (including phenoxy) is 1. The molecule has 1 aromatic rings. The van der Waals surface area contributed by atoms with Crippen LogP contribution in [-0.4, -0.2) is 93.1 Å². The van der Waals surface area contributed by atoms with Crippen LogP contribution in [0.2, 0.25) is 5.02 Å². The highest BCUT2D eigenvalue weighted by Crippen LogP contribution is 2.14. The van der Waals surface area contributed by atoms with Crippen LogP contribution < -0.4 is 5.32 Å². The van der Waals surface area contributed by atoms with Gasteiger partial charge in [0, 0.05) is 70.9 Å². The van der Waals surface area contributed by atoms with Gasteiger partial charge in [-0.05, 0) is 24.1 Å². The monoisotopic (exact) mass is 421 g/mol. The highest BCUT2D eigenvalue weighted by molar-refractivity contribution is 6.30. The maximum Gasteiger partial charge on any atom is 0.243 e. The van der Waals surface area contributed by atoms with Gasteiger partial charge in [0.1, 0.15) is 6.54 Å². The van der Waals surface area contributed by atoms with E-state index in [-0.39, 0.29) is 12.5 Å². The Kier molecular flexibility index (Phi) is 8.15. The minimum atomic E-state index is 0.00749. The topological polar surface area (TPSA) is 60.4 Å². The van der Waals surface area contributed by atoms with Gasteiger partial charge in [0.2, 0.25) is 5.91 Å². The van der Waals surface area contributed by atoms with Gasteiger partial charge in [-0.1, -0.05) is 23.7 Å². The number of guanidine groups is 1. The van der Waals surface area contributed by atoms with E-state index in [9.17, 15) is 4.79 Å². The summed E-state index contributed by atoms with van der Waals surface area (Å²) in [6, 6.07) is 8.04. The van der Waals surface area contributed by atoms with E-state index in [0.29, 0.717) is 5.92 Å². The molecule has 8 heteroatoms. The van der Waals surface area contributed by atoms with Gasteiger partial charge in [-0.15, -0.1) is 0 Å². The number of hydrogen-bond acceptors (Lipinski definition) is 4. The minimum Gasteiger partial charge on any atom is -0.381 e. The SMILES string of the molecule is CN(C)C(=O)CN=C(NCC1CCOC1)N1CCN(Cc2cccc(Cl)c2)CC1. The Morgan fingerprint density at radius 3 is 2.76 bits per heavy atom. The molecule has 1 unspecified atom stereocenters. The highest BCUT2D eigenvalue weighted by atomic mass is 35.5. The number of likely N-dealkylation sites (N-methyl/N-ethyl adjacent to an activating group) is 1. The van der Waals surface area contributed by atoms with Crippen LogP contribution in [0.5, 0.6) is 0 Å². The first-order valence-electron chi connectivity index (χ1n) is 10.3. The second-order valence-electron chi connectivity index (χ2n) is 7.93. The zero-order valence-corrected chi connectivity index (χ0v) is 18.2. The lowest BCUT2D eigenvalue weighted by molar-refractivity contribution is -0.127. The quantitative estimate of drug-likeness (QED) is 0.557. The third kappa shape index (κ3) is 6.87. The Morgan fingerprint density at radius 2 is 2.10 bits per heavy atom. The molecule has 3 rings (SSSR count). The van der Waals surface area contributed by atoms with E-state index in [4.69, 9.17) is 16.3 Å². The molecule has 0 saturated carbocycles. The fourth-order valence-electron chi connectivity index (χ4n) is 3.54. The van der Waals surface area contributed by atoms with Crippen molar-refractivity contribution in [3.63, 3.8) is 0 Å². The number of aliphatic imine (C=N–C) groups is 1. The van der Waals surface area contributed by atoms with Gasteiger partial charge in [-0.2, -0.15) is 0 Å². The lowest BCUT2D eigenvalue weighted by Gasteiger charge is -2.37. The van der Waals surface area contributed by atoms with Gasteiger partial charge in [0.25, 0.3) is 0 Å². The normalized spacial score (nSPS) is 20.7. The molecule has 2 aliphatic rings. The van der Waals surface area contributed by atoms with E-state index < -0.39 is 0 Å². The molecule has 0 aromatic heterocycles. The molecule has 2 fully saturated rings. The van der Waals surface area contributed by atoms with Crippen molar-refractivity contribution in [3.8, 4) is 0 Å². The van der Waals surface area contributed by atoms with Crippen LogP contribution in [0.1, 0.15) is 12.0 Å². The first kappa shape index (κ1) is 21.9. The molecule has 0 bridgehead atoms. The number of nitrogens with one attached hydrogen (secondary N) is 1. The average Bonchev–Trinajstić information content (AvgIpc) is 3.22. The third-order valence-corrected chi connectivity index (χ3v) is 5.64. The van der Waals surface area contributed by atoms with Gasteiger partial charge >= 0.3 is 0 Å². The fourth-order valence-corrected chi connectivity index (χ4v) is 3.76. The van der Waals surface area contributed by atoms with E-state index in [0.717, 1.165) is 69.9 Å². The number of piperazine rings is 1. The van der Waals surface area contributed by atoms with Crippen molar-refractivity contribution < 1.29 is 9.53 Å². The number of benzene rings is 1. The Labute approximate surface area is 178 Å². The molecule has 0 spiro atoms. The first-order valence-corrected chi connectivity index (χ1v) is 10.7. The lowest BCUT2D eigenvalue weighted by atomic mass is 10.1.